The quantitative estimate of drug-likeness (QED) is 0.682. The molecule has 2 aromatic carbocycles. The summed E-state index contributed by atoms with van der Waals surface area (Å²) < 4.78 is 10.6. The minimum Gasteiger partial charge on any atom is -0.454 e. The van der Waals surface area contributed by atoms with Gasteiger partial charge < -0.3 is 14.8 Å². The Kier molecular flexibility index (Phi) is 4.57. The molecule has 0 aromatic heterocycles. The van der Waals surface area contributed by atoms with Crippen molar-refractivity contribution in [3.63, 3.8) is 0 Å². The number of ether oxygens (including phenoxy) is 2. The Morgan fingerprint density at radius 2 is 1.96 bits per heavy atom. The number of nitrogens with one attached hydrogen (secondary N) is 1. The number of fused-ring (bicyclic) bond motifs is 1. The molecule has 23 heavy (non-hydrogen) atoms. The van der Waals surface area contributed by atoms with E-state index in [0.29, 0.717) is 18.7 Å². The number of hydrogen-bond acceptors (Lipinski definition) is 4. The Balaban J connectivity index is 1.46. The standard InChI is InChI=1S/C18H18N2O3/c1-13-2-5-15(6-3-13)18(21)20-9-8-19-11-14-4-7-16-17(10-14)23-12-22-16/h2-7,10-11H,8-9,12H2,1H3,(H,20,21). The highest BCUT2D eigenvalue weighted by Crippen LogP contribution is 2.31. The number of carbonyl (C=O) groups excluding carboxylic acids is 1. The summed E-state index contributed by atoms with van der Waals surface area (Å²) in [4.78, 5) is 16.2. The van der Waals surface area contributed by atoms with Crippen LogP contribution in [0.4, 0.5) is 0 Å². The molecule has 5 heteroatoms. The maximum Gasteiger partial charge on any atom is 0.251 e. The zero-order valence-electron chi connectivity index (χ0n) is 12.9. The number of amides is 1. The molecule has 5 nitrogen and oxygen atoms in total. The van der Waals surface area contributed by atoms with E-state index in [1.54, 1.807) is 6.21 Å². The van der Waals surface area contributed by atoms with Gasteiger partial charge in [0, 0.05) is 18.3 Å². The van der Waals surface area contributed by atoms with E-state index < -0.39 is 0 Å². The predicted molar refractivity (Wildman–Crippen MR) is 88.5 cm³/mol. The lowest BCUT2D eigenvalue weighted by Gasteiger charge is -2.03. The summed E-state index contributed by atoms with van der Waals surface area (Å²) in [5.74, 6) is 1.41. The van der Waals surface area contributed by atoms with Gasteiger partial charge in [-0.05, 0) is 42.8 Å². The number of rotatable bonds is 5. The van der Waals surface area contributed by atoms with Gasteiger partial charge >= 0.3 is 0 Å². The van der Waals surface area contributed by atoms with Gasteiger partial charge in [-0.15, -0.1) is 0 Å². The summed E-state index contributed by atoms with van der Waals surface area (Å²) in [6, 6.07) is 13.2. The first-order chi connectivity index (χ1) is 11.2. The lowest BCUT2D eigenvalue weighted by molar-refractivity contribution is 0.0955. The van der Waals surface area contributed by atoms with Crippen molar-refractivity contribution in [1.29, 1.82) is 0 Å². The first-order valence-corrected chi connectivity index (χ1v) is 7.47. The molecule has 1 aliphatic heterocycles. The first-order valence-electron chi connectivity index (χ1n) is 7.47. The Bertz CT molecular complexity index is 724. The second-order valence-electron chi connectivity index (χ2n) is 5.27. The van der Waals surface area contributed by atoms with Gasteiger partial charge in [0.15, 0.2) is 11.5 Å². The van der Waals surface area contributed by atoms with Crippen LogP contribution in [0.1, 0.15) is 21.5 Å². The van der Waals surface area contributed by atoms with Crippen LogP contribution in [-0.2, 0) is 0 Å². The number of benzene rings is 2. The van der Waals surface area contributed by atoms with Crippen molar-refractivity contribution in [3.8, 4) is 11.5 Å². The van der Waals surface area contributed by atoms with E-state index in [4.69, 9.17) is 9.47 Å². The van der Waals surface area contributed by atoms with Crippen molar-refractivity contribution >= 4 is 12.1 Å². The van der Waals surface area contributed by atoms with Gasteiger partial charge in [0.1, 0.15) is 0 Å². The number of aliphatic imine (C=N–C) groups is 1. The Hall–Kier alpha value is -2.82. The molecule has 1 aliphatic rings. The summed E-state index contributed by atoms with van der Waals surface area (Å²) in [5.41, 5.74) is 2.74. The maximum absolute atomic E-state index is 11.9. The van der Waals surface area contributed by atoms with Crippen molar-refractivity contribution in [3.05, 3.63) is 59.2 Å². The van der Waals surface area contributed by atoms with Crippen LogP contribution in [0.3, 0.4) is 0 Å². The number of aryl methyl sites for hydroxylation is 1. The largest absolute Gasteiger partial charge is 0.454 e. The molecule has 2 aromatic rings. The average molecular weight is 310 g/mol. The second-order valence-corrected chi connectivity index (χ2v) is 5.27. The normalized spacial score (nSPS) is 12.6. The van der Waals surface area contributed by atoms with Gasteiger partial charge in [0.25, 0.3) is 5.91 Å². The van der Waals surface area contributed by atoms with Crippen LogP contribution in [0, 0.1) is 6.92 Å². The monoisotopic (exact) mass is 310 g/mol. The summed E-state index contributed by atoms with van der Waals surface area (Å²) in [6.45, 7) is 3.27. The first kappa shape index (κ1) is 15.1. The molecule has 0 atom stereocenters. The molecular weight excluding hydrogens is 292 g/mol. The fraction of sp³-hybridized carbons (Fsp3) is 0.222. The van der Waals surface area contributed by atoms with Crippen LogP contribution < -0.4 is 14.8 Å². The zero-order valence-corrected chi connectivity index (χ0v) is 12.9. The van der Waals surface area contributed by atoms with Crippen LogP contribution >= 0.6 is 0 Å². The number of hydrogen-bond donors (Lipinski definition) is 1. The Labute approximate surface area is 135 Å². The zero-order chi connectivity index (χ0) is 16.1. The number of nitrogens with zero attached hydrogens (tertiary/aromatic N) is 1. The molecular formula is C18H18N2O3. The molecule has 1 heterocycles. The SMILES string of the molecule is Cc1ccc(C(=O)NCCN=Cc2ccc3c(c2)OCO3)cc1. The van der Waals surface area contributed by atoms with E-state index in [0.717, 1.165) is 22.6 Å². The third-order valence-corrected chi connectivity index (χ3v) is 3.48. The third kappa shape index (κ3) is 3.88. The third-order valence-electron chi connectivity index (χ3n) is 3.48. The molecule has 0 aliphatic carbocycles. The van der Waals surface area contributed by atoms with E-state index in [9.17, 15) is 4.79 Å². The fourth-order valence-corrected chi connectivity index (χ4v) is 2.20. The van der Waals surface area contributed by atoms with Gasteiger partial charge in [0.05, 0.1) is 6.54 Å². The predicted octanol–water partition coefficient (Wildman–Crippen LogP) is 2.57. The van der Waals surface area contributed by atoms with Gasteiger partial charge in [0.2, 0.25) is 6.79 Å². The van der Waals surface area contributed by atoms with Gasteiger partial charge in [-0.25, -0.2) is 0 Å². The van der Waals surface area contributed by atoms with Gasteiger partial charge in [-0.2, -0.15) is 0 Å². The second kappa shape index (κ2) is 6.96. The van der Waals surface area contributed by atoms with Crippen LogP contribution in [0.25, 0.3) is 0 Å². The lowest BCUT2D eigenvalue weighted by atomic mass is 10.1. The maximum atomic E-state index is 11.9. The summed E-state index contributed by atoms with van der Waals surface area (Å²) >= 11 is 0. The topological polar surface area (TPSA) is 59.9 Å². The Morgan fingerprint density at radius 1 is 1.17 bits per heavy atom. The highest BCUT2D eigenvalue weighted by atomic mass is 16.7. The smallest absolute Gasteiger partial charge is 0.251 e. The van der Waals surface area contributed by atoms with Crippen LogP contribution in [0.2, 0.25) is 0 Å². The van der Waals surface area contributed by atoms with Crippen molar-refractivity contribution in [2.24, 2.45) is 4.99 Å². The van der Waals surface area contributed by atoms with E-state index in [-0.39, 0.29) is 12.7 Å². The molecule has 118 valence electrons. The summed E-state index contributed by atoms with van der Waals surface area (Å²) in [7, 11) is 0. The molecule has 0 radical (unpaired) electrons. The Morgan fingerprint density at radius 3 is 2.78 bits per heavy atom. The molecule has 0 unspecified atom stereocenters. The fourth-order valence-electron chi connectivity index (χ4n) is 2.20. The summed E-state index contributed by atoms with van der Waals surface area (Å²) in [6.07, 6.45) is 1.76. The van der Waals surface area contributed by atoms with E-state index in [1.807, 2.05) is 49.4 Å². The molecule has 3 rings (SSSR count). The van der Waals surface area contributed by atoms with Gasteiger partial charge in [-0.1, -0.05) is 17.7 Å². The van der Waals surface area contributed by atoms with Gasteiger partial charge in [-0.3, -0.25) is 9.79 Å². The highest BCUT2D eigenvalue weighted by Gasteiger charge is 2.12. The minimum atomic E-state index is -0.0803. The summed E-state index contributed by atoms with van der Waals surface area (Å²) in [5, 5.41) is 2.85. The van der Waals surface area contributed by atoms with Crippen molar-refractivity contribution in [2.75, 3.05) is 19.9 Å². The van der Waals surface area contributed by atoms with E-state index in [2.05, 4.69) is 10.3 Å². The molecule has 0 bridgehead atoms. The van der Waals surface area contributed by atoms with Crippen molar-refractivity contribution < 1.29 is 14.3 Å². The minimum absolute atomic E-state index is 0.0803. The van der Waals surface area contributed by atoms with Crippen LogP contribution in [-0.4, -0.2) is 32.0 Å². The van der Waals surface area contributed by atoms with Crippen molar-refractivity contribution in [1.82, 2.24) is 5.32 Å². The molecule has 0 fully saturated rings. The molecule has 0 saturated carbocycles. The molecule has 0 saturated heterocycles. The van der Waals surface area contributed by atoms with Crippen LogP contribution in [0.15, 0.2) is 47.5 Å². The van der Waals surface area contributed by atoms with Crippen molar-refractivity contribution in [2.45, 2.75) is 6.92 Å². The molecule has 1 N–H and O–H groups in total. The molecule has 0 spiro atoms. The molecule has 1 amide bonds. The number of carbonyl (C=O) groups is 1. The van der Waals surface area contributed by atoms with Crippen LogP contribution in [0.5, 0.6) is 11.5 Å². The lowest BCUT2D eigenvalue weighted by Crippen LogP contribution is -2.25. The highest BCUT2D eigenvalue weighted by molar-refractivity contribution is 5.94. The average Bonchev–Trinajstić information content (AvgIpc) is 3.02. The van der Waals surface area contributed by atoms with E-state index in [1.165, 1.54) is 0 Å². The van der Waals surface area contributed by atoms with E-state index >= 15 is 0 Å².